The Balaban J connectivity index is 1.96. The summed E-state index contributed by atoms with van der Waals surface area (Å²) >= 11 is 0. The number of carbonyl (C=O) groups is 1. The Bertz CT molecular complexity index is 682. The first-order valence-electron chi connectivity index (χ1n) is 6.73. The molecule has 2 rings (SSSR count). The van der Waals surface area contributed by atoms with Crippen LogP contribution in [0.15, 0.2) is 30.9 Å². The van der Waals surface area contributed by atoms with Crippen molar-refractivity contribution < 1.29 is 9.72 Å². The molecule has 0 unspecified atom stereocenters. The van der Waals surface area contributed by atoms with Crippen LogP contribution in [-0.2, 0) is 6.54 Å². The molecule has 0 aliphatic rings. The molecule has 0 saturated heterocycles. The molecule has 0 fully saturated rings. The number of benzene rings is 1. The normalized spacial score (nSPS) is 10.3. The number of hydrogen-bond donors (Lipinski definition) is 2. The highest BCUT2D eigenvalue weighted by Gasteiger charge is 2.14. The van der Waals surface area contributed by atoms with Crippen molar-refractivity contribution in [1.82, 2.24) is 14.9 Å². The zero-order chi connectivity index (χ0) is 16.1. The number of imidazole rings is 1. The number of anilines is 1. The van der Waals surface area contributed by atoms with Crippen LogP contribution >= 0.6 is 0 Å². The molecule has 0 saturated carbocycles. The Kier molecular flexibility index (Phi) is 4.72. The maximum absolute atomic E-state index is 11.8. The van der Waals surface area contributed by atoms with Crippen LogP contribution in [-0.4, -0.2) is 27.1 Å². The lowest BCUT2D eigenvalue weighted by Gasteiger charge is -2.11. The van der Waals surface area contributed by atoms with Crippen molar-refractivity contribution in [2.45, 2.75) is 20.4 Å². The summed E-state index contributed by atoms with van der Waals surface area (Å²) in [6, 6.07) is 2.65. The predicted octanol–water partition coefficient (Wildman–Crippen LogP) is 2.23. The van der Waals surface area contributed by atoms with Crippen molar-refractivity contribution in [3.63, 3.8) is 0 Å². The lowest BCUT2D eigenvalue weighted by atomic mass is 10.1. The van der Waals surface area contributed by atoms with Gasteiger partial charge >= 0.3 is 6.03 Å². The number of rotatable bonds is 5. The van der Waals surface area contributed by atoms with Crippen molar-refractivity contribution >= 4 is 17.4 Å². The standard InChI is InChI=1S/C14H17N5O3/c1-10-7-11(2)13(19(21)22)8-12(10)17-14(20)16-4-6-18-5-3-15-9-18/h3,5,7-9H,4,6H2,1-2H3,(H2,16,17,20). The number of nitrogens with zero attached hydrogens (tertiary/aromatic N) is 3. The van der Waals surface area contributed by atoms with Crippen molar-refractivity contribution in [3.8, 4) is 0 Å². The summed E-state index contributed by atoms with van der Waals surface area (Å²) in [6.45, 7) is 4.48. The number of aryl methyl sites for hydroxylation is 2. The van der Waals surface area contributed by atoms with Crippen molar-refractivity contribution in [2.75, 3.05) is 11.9 Å². The molecule has 2 amide bonds. The topological polar surface area (TPSA) is 102 Å². The maximum Gasteiger partial charge on any atom is 0.319 e. The zero-order valence-electron chi connectivity index (χ0n) is 12.4. The average molecular weight is 303 g/mol. The van der Waals surface area contributed by atoms with E-state index in [2.05, 4.69) is 15.6 Å². The molecule has 0 spiro atoms. The monoisotopic (exact) mass is 303 g/mol. The average Bonchev–Trinajstić information content (AvgIpc) is 2.94. The zero-order valence-corrected chi connectivity index (χ0v) is 12.4. The number of hydrogen-bond acceptors (Lipinski definition) is 4. The van der Waals surface area contributed by atoms with Crippen LogP contribution in [0, 0.1) is 24.0 Å². The lowest BCUT2D eigenvalue weighted by molar-refractivity contribution is -0.385. The molecule has 0 aliphatic carbocycles. The molecule has 0 atom stereocenters. The van der Waals surface area contributed by atoms with Crippen molar-refractivity contribution in [2.24, 2.45) is 0 Å². The number of carbonyl (C=O) groups excluding carboxylic acids is 1. The van der Waals surface area contributed by atoms with E-state index < -0.39 is 11.0 Å². The molecular formula is C14H17N5O3. The van der Waals surface area contributed by atoms with E-state index in [9.17, 15) is 14.9 Å². The summed E-state index contributed by atoms with van der Waals surface area (Å²) in [5, 5.41) is 16.3. The van der Waals surface area contributed by atoms with Gasteiger partial charge in [0.1, 0.15) is 0 Å². The number of aromatic nitrogens is 2. The molecule has 0 aliphatic heterocycles. The molecule has 1 heterocycles. The van der Waals surface area contributed by atoms with E-state index in [1.165, 1.54) is 6.07 Å². The van der Waals surface area contributed by atoms with Crippen LogP contribution in [0.25, 0.3) is 0 Å². The van der Waals surface area contributed by atoms with E-state index in [1.807, 2.05) is 4.57 Å². The largest absolute Gasteiger partial charge is 0.336 e. The Morgan fingerprint density at radius 3 is 2.77 bits per heavy atom. The van der Waals surface area contributed by atoms with Gasteiger partial charge in [0.05, 0.1) is 16.9 Å². The van der Waals surface area contributed by atoms with Gasteiger partial charge in [0.15, 0.2) is 0 Å². The van der Waals surface area contributed by atoms with E-state index in [0.717, 1.165) is 5.56 Å². The van der Waals surface area contributed by atoms with Gasteiger partial charge in [-0.3, -0.25) is 10.1 Å². The van der Waals surface area contributed by atoms with Gasteiger partial charge in [0.25, 0.3) is 5.69 Å². The van der Waals surface area contributed by atoms with Crippen LogP contribution in [0.3, 0.4) is 0 Å². The van der Waals surface area contributed by atoms with Gasteiger partial charge in [-0.25, -0.2) is 9.78 Å². The number of urea groups is 1. The van der Waals surface area contributed by atoms with Crippen LogP contribution in [0.1, 0.15) is 11.1 Å². The molecular weight excluding hydrogens is 286 g/mol. The fourth-order valence-electron chi connectivity index (χ4n) is 2.06. The minimum absolute atomic E-state index is 0.0145. The minimum atomic E-state index is -0.461. The third kappa shape index (κ3) is 3.81. The molecule has 2 aromatic rings. The maximum atomic E-state index is 11.8. The number of nitro benzene ring substituents is 1. The van der Waals surface area contributed by atoms with Crippen molar-refractivity contribution in [3.05, 3.63) is 52.1 Å². The third-order valence-electron chi connectivity index (χ3n) is 3.20. The van der Waals surface area contributed by atoms with Crippen LogP contribution in [0.2, 0.25) is 0 Å². The first-order valence-corrected chi connectivity index (χ1v) is 6.73. The van der Waals surface area contributed by atoms with Crippen LogP contribution < -0.4 is 10.6 Å². The highest BCUT2D eigenvalue weighted by Crippen LogP contribution is 2.26. The van der Waals surface area contributed by atoms with E-state index in [-0.39, 0.29) is 5.69 Å². The second kappa shape index (κ2) is 6.70. The second-order valence-electron chi connectivity index (χ2n) is 4.89. The van der Waals surface area contributed by atoms with Gasteiger partial charge < -0.3 is 15.2 Å². The van der Waals surface area contributed by atoms with Crippen LogP contribution in [0.4, 0.5) is 16.2 Å². The quantitative estimate of drug-likeness (QED) is 0.653. The highest BCUT2D eigenvalue weighted by molar-refractivity contribution is 5.90. The summed E-state index contributed by atoms with van der Waals surface area (Å²) in [5.74, 6) is 0. The van der Waals surface area contributed by atoms with E-state index in [0.29, 0.717) is 24.3 Å². The van der Waals surface area contributed by atoms with E-state index in [4.69, 9.17) is 0 Å². The summed E-state index contributed by atoms with van der Waals surface area (Å²) in [4.78, 5) is 26.2. The fraction of sp³-hybridized carbons (Fsp3) is 0.286. The number of amides is 2. The van der Waals surface area contributed by atoms with Crippen LogP contribution in [0.5, 0.6) is 0 Å². The Morgan fingerprint density at radius 1 is 1.36 bits per heavy atom. The fourth-order valence-corrected chi connectivity index (χ4v) is 2.06. The summed E-state index contributed by atoms with van der Waals surface area (Å²) < 4.78 is 1.84. The van der Waals surface area contributed by atoms with Gasteiger partial charge in [-0.1, -0.05) is 0 Å². The first kappa shape index (κ1) is 15.5. The summed E-state index contributed by atoms with van der Waals surface area (Å²) in [5.41, 5.74) is 1.75. The van der Waals surface area contributed by atoms with Gasteiger partial charge in [-0.15, -0.1) is 0 Å². The van der Waals surface area contributed by atoms with E-state index >= 15 is 0 Å². The SMILES string of the molecule is Cc1cc(C)c([N+](=O)[O-])cc1NC(=O)NCCn1ccnc1. The third-order valence-corrected chi connectivity index (χ3v) is 3.20. The van der Waals surface area contributed by atoms with Gasteiger partial charge in [-0.05, 0) is 25.5 Å². The van der Waals surface area contributed by atoms with E-state index in [1.54, 1.807) is 38.6 Å². The Labute approximate surface area is 127 Å². The lowest BCUT2D eigenvalue weighted by Crippen LogP contribution is -2.31. The molecule has 116 valence electrons. The number of nitrogens with one attached hydrogen (secondary N) is 2. The summed E-state index contributed by atoms with van der Waals surface area (Å²) in [6.07, 6.45) is 5.12. The molecule has 1 aromatic carbocycles. The van der Waals surface area contributed by atoms with Gasteiger partial charge in [0.2, 0.25) is 0 Å². The Morgan fingerprint density at radius 2 is 2.14 bits per heavy atom. The highest BCUT2D eigenvalue weighted by atomic mass is 16.6. The molecule has 0 bridgehead atoms. The first-order chi connectivity index (χ1) is 10.5. The Hall–Kier alpha value is -2.90. The molecule has 8 heteroatoms. The second-order valence-corrected chi connectivity index (χ2v) is 4.89. The molecule has 8 nitrogen and oxygen atoms in total. The molecule has 2 N–H and O–H groups in total. The molecule has 0 radical (unpaired) electrons. The smallest absolute Gasteiger partial charge is 0.319 e. The minimum Gasteiger partial charge on any atom is -0.336 e. The van der Waals surface area contributed by atoms with Crippen molar-refractivity contribution in [1.29, 1.82) is 0 Å². The van der Waals surface area contributed by atoms with Gasteiger partial charge in [-0.2, -0.15) is 0 Å². The molecule has 22 heavy (non-hydrogen) atoms. The summed E-state index contributed by atoms with van der Waals surface area (Å²) in [7, 11) is 0. The predicted molar refractivity (Wildman–Crippen MR) is 81.8 cm³/mol. The molecule has 1 aromatic heterocycles. The van der Waals surface area contributed by atoms with Gasteiger partial charge in [0, 0.05) is 37.1 Å². The number of nitro groups is 1.